The van der Waals surface area contributed by atoms with Gasteiger partial charge < -0.3 is 20.1 Å². The second kappa shape index (κ2) is 6.21. The second-order valence-electron chi connectivity index (χ2n) is 5.47. The lowest BCUT2D eigenvalue weighted by atomic mass is 10.1. The normalized spacial score (nSPS) is 16.8. The molecule has 1 amide bonds. The molecule has 0 aliphatic carbocycles. The van der Waals surface area contributed by atoms with Crippen molar-refractivity contribution in [3.05, 3.63) is 0 Å². The van der Waals surface area contributed by atoms with Gasteiger partial charge in [0.25, 0.3) is 0 Å². The lowest BCUT2D eigenvalue weighted by Gasteiger charge is -2.40. The van der Waals surface area contributed by atoms with Crippen molar-refractivity contribution in [1.29, 1.82) is 0 Å². The topological polar surface area (TPSA) is 61.8 Å². The number of carbonyl (C=O) groups is 1. The van der Waals surface area contributed by atoms with Crippen LogP contribution in [0.1, 0.15) is 33.6 Å². The van der Waals surface area contributed by atoms with Gasteiger partial charge in [0.2, 0.25) is 0 Å². The number of aliphatic hydroxyl groups excluding tert-OH is 1. The Hall–Kier alpha value is -0.810. The van der Waals surface area contributed by atoms with E-state index in [4.69, 9.17) is 9.84 Å². The standard InChI is InChI=1S/C12H24N2O3/c1-12(2,3)17-11(16)14-8-10(9-14)13-6-4-5-7-15/h10,13,15H,4-9H2,1-3H3. The van der Waals surface area contributed by atoms with Crippen LogP contribution in [0.5, 0.6) is 0 Å². The molecule has 0 aromatic rings. The summed E-state index contributed by atoms with van der Waals surface area (Å²) in [7, 11) is 0. The molecule has 0 spiro atoms. The monoisotopic (exact) mass is 244 g/mol. The highest BCUT2D eigenvalue weighted by molar-refractivity contribution is 5.69. The highest BCUT2D eigenvalue weighted by Crippen LogP contribution is 2.15. The maximum atomic E-state index is 11.6. The van der Waals surface area contributed by atoms with Gasteiger partial charge >= 0.3 is 6.09 Å². The minimum Gasteiger partial charge on any atom is -0.444 e. The Bertz CT molecular complexity index is 245. The summed E-state index contributed by atoms with van der Waals surface area (Å²) in [5.41, 5.74) is -0.420. The first-order valence-electron chi connectivity index (χ1n) is 6.24. The number of carbonyl (C=O) groups excluding carboxylic acids is 1. The predicted octanol–water partition coefficient (Wildman–Crippen LogP) is 0.968. The zero-order valence-electron chi connectivity index (χ0n) is 11.0. The molecule has 2 N–H and O–H groups in total. The lowest BCUT2D eigenvalue weighted by molar-refractivity contribution is 0.00534. The largest absolute Gasteiger partial charge is 0.444 e. The van der Waals surface area contributed by atoms with Crippen LogP contribution in [0.3, 0.4) is 0 Å². The molecule has 0 aromatic heterocycles. The van der Waals surface area contributed by atoms with Gasteiger partial charge in [0, 0.05) is 25.7 Å². The Morgan fingerprint density at radius 3 is 2.59 bits per heavy atom. The van der Waals surface area contributed by atoms with Gasteiger partial charge in [0.15, 0.2) is 0 Å². The SMILES string of the molecule is CC(C)(C)OC(=O)N1CC(NCCCCO)C1. The number of amides is 1. The number of hydrogen-bond donors (Lipinski definition) is 2. The van der Waals surface area contributed by atoms with Crippen molar-refractivity contribution in [1.82, 2.24) is 10.2 Å². The van der Waals surface area contributed by atoms with E-state index in [0.29, 0.717) is 19.1 Å². The molecule has 0 atom stereocenters. The van der Waals surface area contributed by atoms with E-state index in [1.54, 1.807) is 4.90 Å². The molecule has 1 rings (SSSR count). The minimum atomic E-state index is -0.420. The molecule has 1 saturated heterocycles. The molecule has 0 unspecified atom stereocenters. The molecular formula is C12H24N2O3. The second-order valence-corrected chi connectivity index (χ2v) is 5.47. The highest BCUT2D eigenvalue weighted by Gasteiger charge is 2.32. The van der Waals surface area contributed by atoms with Crippen molar-refractivity contribution in [3.63, 3.8) is 0 Å². The van der Waals surface area contributed by atoms with Crippen LogP contribution in [0.25, 0.3) is 0 Å². The third kappa shape index (κ3) is 5.37. The molecule has 1 heterocycles. The Morgan fingerprint density at radius 1 is 1.41 bits per heavy atom. The third-order valence-electron chi connectivity index (χ3n) is 2.55. The van der Waals surface area contributed by atoms with Crippen LogP contribution in [0, 0.1) is 0 Å². The van der Waals surface area contributed by atoms with Gasteiger partial charge in [-0.1, -0.05) is 0 Å². The number of ether oxygens (including phenoxy) is 1. The van der Waals surface area contributed by atoms with Crippen molar-refractivity contribution in [3.8, 4) is 0 Å². The van der Waals surface area contributed by atoms with Crippen LogP contribution >= 0.6 is 0 Å². The molecule has 5 nitrogen and oxygen atoms in total. The number of rotatable bonds is 5. The van der Waals surface area contributed by atoms with Gasteiger partial charge in [-0.15, -0.1) is 0 Å². The summed E-state index contributed by atoms with van der Waals surface area (Å²) < 4.78 is 5.26. The van der Waals surface area contributed by atoms with E-state index in [1.807, 2.05) is 20.8 Å². The number of nitrogens with one attached hydrogen (secondary N) is 1. The molecule has 0 aromatic carbocycles. The molecule has 100 valence electrons. The number of nitrogens with zero attached hydrogens (tertiary/aromatic N) is 1. The van der Waals surface area contributed by atoms with E-state index in [2.05, 4.69) is 5.32 Å². The van der Waals surface area contributed by atoms with E-state index in [-0.39, 0.29) is 12.7 Å². The Balaban J connectivity index is 2.08. The molecule has 1 aliphatic rings. The van der Waals surface area contributed by atoms with Crippen LogP contribution in [-0.4, -0.2) is 54.0 Å². The van der Waals surface area contributed by atoms with Crippen molar-refractivity contribution in [2.75, 3.05) is 26.2 Å². The van der Waals surface area contributed by atoms with E-state index in [1.165, 1.54) is 0 Å². The van der Waals surface area contributed by atoms with Crippen molar-refractivity contribution in [2.24, 2.45) is 0 Å². The molecule has 0 radical (unpaired) electrons. The first-order valence-corrected chi connectivity index (χ1v) is 6.24. The Morgan fingerprint density at radius 2 is 2.06 bits per heavy atom. The van der Waals surface area contributed by atoms with E-state index < -0.39 is 5.60 Å². The Labute approximate surface area is 103 Å². The fourth-order valence-corrected chi connectivity index (χ4v) is 1.63. The molecule has 17 heavy (non-hydrogen) atoms. The number of hydrogen-bond acceptors (Lipinski definition) is 4. The summed E-state index contributed by atoms with van der Waals surface area (Å²) in [6.07, 6.45) is 1.57. The summed E-state index contributed by atoms with van der Waals surface area (Å²) in [6.45, 7) is 8.19. The molecule has 1 fully saturated rings. The third-order valence-corrected chi connectivity index (χ3v) is 2.55. The van der Waals surface area contributed by atoms with Crippen LogP contribution in [0.2, 0.25) is 0 Å². The van der Waals surface area contributed by atoms with E-state index >= 15 is 0 Å². The minimum absolute atomic E-state index is 0.231. The summed E-state index contributed by atoms with van der Waals surface area (Å²) in [5.74, 6) is 0. The van der Waals surface area contributed by atoms with E-state index in [0.717, 1.165) is 19.4 Å². The van der Waals surface area contributed by atoms with Crippen molar-refractivity contribution in [2.45, 2.75) is 45.3 Å². The van der Waals surface area contributed by atoms with Gasteiger partial charge in [-0.05, 0) is 40.2 Å². The smallest absolute Gasteiger partial charge is 0.410 e. The number of unbranched alkanes of at least 4 members (excludes halogenated alkanes) is 1. The summed E-state index contributed by atoms with van der Waals surface area (Å²) in [4.78, 5) is 13.3. The molecule has 0 bridgehead atoms. The van der Waals surface area contributed by atoms with Gasteiger partial charge in [0.1, 0.15) is 5.60 Å². The van der Waals surface area contributed by atoms with Gasteiger partial charge in [-0.2, -0.15) is 0 Å². The maximum Gasteiger partial charge on any atom is 0.410 e. The molecule has 0 saturated carbocycles. The highest BCUT2D eigenvalue weighted by atomic mass is 16.6. The fraction of sp³-hybridized carbons (Fsp3) is 0.917. The van der Waals surface area contributed by atoms with Gasteiger partial charge in [-0.25, -0.2) is 4.79 Å². The Kier molecular flexibility index (Phi) is 5.21. The average Bonchev–Trinajstić information content (AvgIpc) is 2.11. The molecule has 5 heteroatoms. The predicted molar refractivity (Wildman–Crippen MR) is 65.9 cm³/mol. The number of likely N-dealkylation sites (tertiary alicyclic amines) is 1. The summed E-state index contributed by atoms with van der Waals surface area (Å²) in [5, 5.41) is 12.0. The fourth-order valence-electron chi connectivity index (χ4n) is 1.63. The summed E-state index contributed by atoms with van der Waals surface area (Å²) >= 11 is 0. The van der Waals surface area contributed by atoms with Crippen molar-refractivity contribution >= 4 is 6.09 Å². The zero-order valence-corrected chi connectivity index (χ0v) is 11.0. The molecular weight excluding hydrogens is 220 g/mol. The average molecular weight is 244 g/mol. The van der Waals surface area contributed by atoms with Crippen molar-refractivity contribution < 1.29 is 14.6 Å². The van der Waals surface area contributed by atoms with Crippen LogP contribution in [-0.2, 0) is 4.74 Å². The van der Waals surface area contributed by atoms with Gasteiger partial charge in [-0.3, -0.25) is 0 Å². The maximum absolute atomic E-state index is 11.6. The van der Waals surface area contributed by atoms with Gasteiger partial charge in [0.05, 0.1) is 0 Å². The first kappa shape index (κ1) is 14.3. The lowest BCUT2D eigenvalue weighted by Crippen LogP contribution is -2.60. The first-order chi connectivity index (χ1) is 7.92. The van der Waals surface area contributed by atoms with Crippen LogP contribution in [0.4, 0.5) is 4.79 Å². The quantitative estimate of drug-likeness (QED) is 0.707. The van der Waals surface area contributed by atoms with Crippen LogP contribution < -0.4 is 5.32 Å². The summed E-state index contributed by atoms with van der Waals surface area (Å²) in [6, 6.07) is 0.376. The van der Waals surface area contributed by atoms with Crippen LogP contribution in [0.15, 0.2) is 0 Å². The van der Waals surface area contributed by atoms with E-state index in [9.17, 15) is 4.79 Å². The zero-order chi connectivity index (χ0) is 12.9. The number of aliphatic hydroxyl groups is 1. The molecule has 1 aliphatic heterocycles.